The van der Waals surface area contributed by atoms with Crippen molar-refractivity contribution in [2.75, 3.05) is 14.2 Å². The van der Waals surface area contributed by atoms with Gasteiger partial charge in [-0.15, -0.1) is 0 Å². The molecule has 0 radical (unpaired) electrons. The first kappa shape index (κ1) is 9.01. The zero-order valence-corrected chi connectivity index (χ0v) is 7.76. The lowest BCUT2D eigenvalue weighted by molar-refractivity contribution is 0.0422. The zero-order chi connectivity index (χ0) is 8.27. The van der Waals surface area contributed by atoms with Crippen LogP contribution in [0.5, 0.6) is 0 Å². The quantitative estimate of drug-likeness (QED) is 0.654. The Morgan fingerprint density at radius 2 is 2.00 bits per heavy atom. The standard InChI is InChI=1S/C9H19NO/c1-7-4-8(10-2)6-9(5-7)11-3/h7-10H,4-6H2,1-3H3/t7-,8+,9-/m1/s1. The van der Waals surface area contributed by atoms with Crippen LogP contribution >= 0.6 is 0 Å². The summed E-state index contributed by atoms with van der Waals surface area (Å²) < 4.78 is 5.35. The van der Waals surface area contributed by atoms with Crippen molar-refractivity contribution < 1.29 is 4.74 Å². The number of nitrogens with one attached hydrogen (secondary N) is 1. The summed E-state index contributed by atoms with van der Waals surface area (Å²) in [6.45, 7) is 2.30. The molecule has 0 amide bonds. The van der Waals surface area contributed by atoms with Crippen molar-refractivity contribution in [3.63, 3.8) is 0 Å². The predicted octanol–water partition coefficient (Wildman–Crippen LogP) is 1.41. The zero-order valence-electron chi connectivity index (χ0n) is 7.76. The molecule has 1 rings (SSSR count). The first-order valence-corrected chi connectivity index (χ1v) is 4.46. The van der Waals surface area contributed by atoms with Gasteiger partial charge in [-0.05, 0) is 32.2 Å². The van der Waals surface area contributed by atoms with Crippen molar-refractivity contribution in [2.24, 2.45) is 5.92 Å². The largest absolute Gasteiger partial charge is 0.381 e. The molecule has 0 heterocycles. The Morgan fingerprint density at radius 1 is 1.27 bits per heavy atom. The van der Waals surface area contributed by atoms with E-state index in [0.29, 0.717) is 12.1 Å². The molecule has 0 aromatic carbocycles. The number of rotatable bonds is 2. The maximum absolute atomic E-state index is 5.35. The van der Waals surface area contributed by atoms with Crippen LogP contribution in [0.15, 0.2) is 0 Å². The summed E-state index contributed by atoms with van der Waals surface area (Å²) in [5.41, 5.74) is 0. The van der Waals surface area contributed by atoms with Gasteiger partial charge in [-0.1, -0.05) is 6.92 Å². The minimum atomic E-state index is 0.483. The fraction of sp³-hybridized carbons (Fsp3) is 1.00. The van der Waals surface area contributed by atoms with Crippen LogP contribution in [-0.4, -0.2) is 26.3 Å². The molecular formula is C9H19NO. The van der Waals surface area contributed by atoms with Crippen LogP contribution in [0.25, 0.3) is 0 Å². The van der Waals surface area contributed by atoms with Crippen LogP contribution in [-0.2, 0) is 4.74 Å². The van der Waals surface area contributed by atoms with E-state index in [1.807, 2.05) is 14.2 Å². The summed E-state index contributed by atoms with van der Waals surface area (Å²) in [4.78, 5) is 0. The van der Waals surface area contributed by atoms with Gasteiger partial charge in [0.1, 0.15) is 0 Å². The maximum atomic E-state index is 5.35. The Labute approximate surface area is 69.3 Å². The smallest absolute Gasteiger partial charge is 0.0588 e. The Kier molecular flexibility index (Phi) is 3.34. The molecule has 0 unspecified atom stereocenters. The Morgan fingerprint density at radius 3 is 2.55 bits per heavy atom. The lowest BCUT2D eigenvalue weighted by atomic mass is 9.85. The molecule has 3 atom stereocenters. The second kappa shape index (κ2) is 4.07. The lowest BCUT2D eigenvalue weighted by Gasteiger charge is -2.32. The maximum Gasteiger partial charge on any atom is 0.0588 e. The summed E-state index contributed by atoms with van der Waals surface area (Å²) in [7, 11) is 3.85. The topological polar surface area (TPSA) is 21.3 Å². The van der Waals surface area contributed by atoms with Crippen LogP contribution in [0.4, 0.5) is 0 Å². The first-order valence-electron chi connectivity index (χ1n) is 4.46. The second-order valence-corrected chi connectivity index (χ2v) is 3.66. The number of hydrogen-bond donors (Lipinski definition) is 1. The Hall–Kier alpha value is -0.0800. The molecule has 0 aliphatic heterocycles. The van der Waals surface area contributed by atoms with Crippen LogP contribution in [0.1, 0.15) is 26.2 Å². The van der Waals surface area contributed by atoms with Crippen molar-refractivity contribution in [1.29, 1.82) is 0 Å². The molecule has 11 heavy (non-hydrogen) atoms. The van der Waals surface area contributed by atoms with E-state index in [0.717, 1.165) is 5.92 Å². The lowest BCUT2D eigenvalue weighted by Crippen LogP contribution is -2.37. The molecule has 66 valence electrons. The minimum absolute atomic E-state index is 0.483. The highest BCUT2D eigenvalue weighted by Crippen LogP contribution is 2.25. The number of hydrogen-bond acceptors (Lipinski definition) is 2. The van der Waals surface area contributed by atoms with E-state index in [9.17, 15) is 0 Å². The highest BCUT2D eigenvalue weighted by molar-refractivity contribution is 4.80. The SMILES string of the molecule is CN[C@H]1C[C@@H](C)C[C@@H](OC)C1. The van der Waals surface area contributed by atoms with Gasteiger partial charge in [0.05, 0.1) is 6.10 Å². The molecule has 1 saturated carbocycles. The van der Waals surface area contributed by atoms with Gasteiger partial charge in [0.25, 0.3) is 0 Å². The van der Waals surface area contributed by atoms with Crippen molar-refractivity contribution in [3.05, 3.63) is 0 Å². The van der Waals surface area contributed by atoms with Gasteiger partial charge < -0.3 is 10.1 Å². The van der Waals surface area contributed by atoms with E-state index in [1.165, 1.54) is 19.3 Å². The molecule has 0 spiro atoms. The summed E-state index contributed by atoms with van der Waals surface area (Å²) in [6.07, 6.45) is 4.19. The van der Waals surface area contributed by atoms with E-state index in [2.05, 4.69) is 12.2 Å². The van der Waals surface area contributed by atoms with Crippen molar-refractivity contribution in [2.45, 2.75) is 38.3 Å². The first-order chi connectivity index (χ1) is 5.26. The second-order valence-electron chi connectivity index (χ2n) is 3.66. The minimum Gasteiger partial charge on any atom is -0.381 e. The summed E-state index contributed by atoms with van der Waals surface area (Å²) in [6, 6.07) is 0.670. The van der Waals surface area contributed by atoms with E-state index < -0.39 is 0 Å². The van der Waals surface area contributed by atoms with Gasteiger partial charge in [-0.25, -0.2) is 0 Å². The fourth-order valence-electron chi connectivity index (χ4n) is 1.97. The molecule has 0 saturated heterocycles. The molecule has 0 aromatic heterocycles. The number of methoxy groups -OCH3 is 1. The fourth-order valence-corrected chi connectivity index (χ4v) is 1.97. The van der Waals surface area contributed by atoms with Crippen molar-refractivity contribution >= 4 is 0 Å². The molecule has 1 aliphatic carbocycles. The Balaban J connectivity index is 2.37. The van der Waals surface area contributed by atoms with E-state index >= 15 is 0 Å². The molecule has 2 nitrogen and oxygen atoms in total. The molecule has 2 heteroatoms. The molecule has 0 bridgehead atoms. The summed E-state index contributed by atoms with van der Waals surface area (Å²) in [5.74, 6) is 0.811. The van der Waals surface area contributed by atoms with Crippen molar-refractivity contribution in [1.82, 2.24) is 5.32 Å². The highest BCUT2D eigenvalue weighted by Gasteiger charge is 2.24. The van der Waals surface area contributed by atoms with Gasteiger partial charge >= 0.3 is 0 Å². The third-order valence-corrected chi connectivity index (χ3v) is 2.64. The predicted molar refractivity (Wildman–Crippen MR) is 46.7 cm³/mol. The molecule has 1 aliphatic rings. The molecular weight excluding hydrogens is 138 g/mol. The van der Waals surface area contributed by atoms with Gasteiger partial charge in [0.2, 0.25) is 0 Å². The average molecular weight is 157 g/mol. The van der Waals surface area contributed by atoms with Crippen LogP contribution in [0.3, 0.4) is 0 Å². The van der Waals surface area contributed by atoms with Gasteiger partial charge in [0, 0.05) is 13.2 Å². The van der Waals surface area contributed by atoms with Gasteiger partial charge in [-0.2, -0.15) is 0 Å². The van der Waals surface area contributed by atoms with Gasteiger partial charge in [-0.3, -0.25) is 0 Å². The molecule has 1 N–H and O–H groups in total. The highest BCUT2D eigenvalue weighted by atomic mass is 16.5. The van der Waals surface area contributed by atoms with Crippen LogP contribution in [0.2, 0.25) is 0 Å². The van der Waals surface area contributed by atoms with Crippen molar-refractivity contribution in [3.8, 4) is 0 Å². The van der Waals surface area contributed by atoms with Crippen LogP contribution < -0.4 is 5.32 Å². The Bertz CT molecular complexity index is 104. The number of ether oxygens (including phenoxy) is 1. The van der Waals surface area contributed by atoms with E-state index in [1.54, 1.807) is 0 Å². The third-order valence-electron chi connectivity index (χ3n) is 2.64. The van der Waals surface area contributed by atoms with E-state index in [4.69, 9.17) is 4.74 Å². The molecule has 0 aromatic rings. The summed E-state index contributed by atoms with van der Waals surface area (Å²) >= 11 is 0. The third kappa shape index (κ3) is 2.46. The van der Waals surface area contributed by atoms with Gasteiger partial charge in [0.15, 0.2) is 0 Å². The monoisotopic (exact) mass is 157 g/mol. The average Bonchev–Trinajstić information content (AvgIpc) is 2.03. The van der Waals surface area contributed by atoms with E-state index in [-0.39, 0.29) is 0 Å². The summed E-state index contributed by atoms with van der Waals surface area (Å²) in [5, 5.41) is 3.32. The normalized spacial score (nSPS) is 39.0. The van der Waals surface area contributed by atoms with Crippen LogP contribution in [0, 0.1) is 5.92 Å². The molecule has 1 fully saturated rings.